The summed E-state index contributed by atoms with van der Waals surface area (Å²) in [6.07, 6.45) is -0.536. The van der Waals surface area contributed by atoms with Gasteiger partial charge in [-0.25, -0.2) is 0 Å². The molecule has 0 bridgehead atoms. The Bertz CT molecular complexity index is 1390. The van der Waals surface area contributed by atoms with E-state index in [1.54, 1.807) is 18.5 Å². The van der Waals surface area contributed by atoms with Gasteiger partial charge in [-0.15, -0.1) is 0 Å². The first-order chi connectivity index (χ1) is 17.6. The van der Waals surface area contributed by atoms with Crippen molar-refractivity contribution in [1.29, 1.82) is 0 Å². The summed E-state index contributed by atoms with van der Waals surface area (Å²) < 4.78 is 40.5. The first-order valence-electron chi connectivity index (χ1n) is 11.5. The van der Waals surface area contributed by atoms with Crippen LogP contribution in [0.15, 0.2) is 73.1 Å². The highest BCUT2D eigenvalue weighted by Gasteiger charge is 2.37. The Hall–Kier alpha value is -2.80. The van der Waals surface area contributed by atoms with E-state index in [1.807, 2.05) is 48.3 Å². The van der Waals surface area contributed by atoms with E-state index in [-0.39, 0.29) is 11.5 Å². The lowest BCUT2D eigenvalue weighted by Crippen LogP contribution is -2.24. The predicted molar refractivity (Wildman–Crippen MR) is 146 cm³/mol. The Balaban J connectivity index is 1.59. The van der Waals surface area contributed by atoms with Crippen LogP contribution in [-0.4, -0.2) is 23.6 Å². The summed E-state index contributed by atoms with van der Waals surface area (Å²) in [4.78, 5) is 10.7. The SMILES string of the molecule is CCC(CN(C)c1ccnc(-c2ccc(Cl)c(C(F)(F)F)c2Cl)c1)c1ccc(-c2ccccn2)c(Cl)c1. The summed E-state index contributed by atoms with van der Waals surface area (Å²) in [6, 6.07) is 17.9. The lowest BCUT2D eigenvalue weighted by Gasteiger charge is -2.26. The molecule has 4 rings (SSSR count). The molecule has 1 atom stereocenters. The Morgan fingerprint density at radius 3 is 2.22 bits per heavy atom. The molecule has 0 spiro atoms. The third-order valence-electron chi connectivity index (χ3n) is 6.23. The molecule has 37 heavy (non-hydrogen) atoms. The van der Waals surface area contributed by atoms with Crippen LogP contribution in [0.25, 0.3) is 22.5 Å². The zero-order valence-corrected chi connectivity index (χ0v) is 22.3. The number of aromatic nitrogens is 2. The van der Waals surface area contributed by atoms with E-state index < -0.39 is 21.8 Å². The minimum absolute atomic E-state index is 0.160. The molecule has 0 radical (unpaired) electrons. The standard InChI is InChI=1S/C28H23Cl3F3N3/c1-3-17(18-7-8-20(23(30)14-18)24-6-4-5-12-35-24)16-37(2)19-11-13-36-25(15-19)21-9-10-22(29)26(27(21)31)28(32,33)34/h4-15,17H,3,16H2,1-2H3. The Morgan fingerprint density at radius 2 is 1.57 bits per heavy atom. The summed E-state index contributed by atoms with van der Waals surface area (Å²) in [6.45, 7) is 2.75. The van der Waals surface area contributed by atoms with Crippen LogP contribution >= 0.6 is 34.8 Å². The molecule has 192 valence electrons. The van der Waals surface area contributed by atoms with Gasteiger partial charge in [0.05, 0.1) is 32.0 Å². The van der Waals surface area contributed by atoms with Gasteiger partial charge in [-0.1, -0.05) is 59.9 Å². The van der Waals surface area contributed by atoms with E-state index in [0.29, 0.717) is 17.3 Å². The minimum atomic E-state index is -4.68. The predicted octanol–water partition coefficient (Wildman–Crippen LogP) is 9.42. The van der Waals surface area contributed by atoms with Gasteiger partial charge in [0.25, 0.3) is 0 Å². The van der Waals surface area contributed by atoms with Gasteiger partial charge in [0.1, 0.15) is 0 Å². The monoisotopic (exact) mass is 563 g/mol. The zero-order valence-electron chi connectivity index (χ0n) is 20.0. The lowest BCUT2D eigenvalue weighted by molar-refractivity contribution is -0.137. The molecule has 0 aliphatic heterocycles. The maximum Gasteiger partial charge on any atom is 0.419 e. The van der Waals surface area contributed by atoms with Crippen molar-refractivity contribution in [2.45, 2.75) is 25.4 Å². The van der Waals surface area contributed by atoms with E-state index in [0.717, 1.165) is 28.9 Å². The highest BCUT2D eigenvalue weighted by Crippen LogP contribution is 2.44. The normalized spacial score (nSPS) is 12.4. The Morgan fingerprint density at radius 1 is 0.838 bits per heavy atom. The first-order valence-corrected chi connectivity index (χ1v) is 12.7. The average molecular weight is 565 g/mol. The van der Waals surface area contributed by atoms with Gasteiger partial charge in [-0.3, -0.25) is 9.97 Å². The maximum absolute atomic E-state index is 13.5. The number of alkyl halides is 3. The number of benzene rings is 2. The molecular weight excluding hydrogens is 542 g/mol. The first kappa shape index (κ1) is 27.2. The van der Waals surface area contributed by atoms with Crippen LogP contribution in [-0.2, 0) is 6.18 Å². The van der Waals surface area contributed by atoms with Crippen LogP contribution in [0.1, 0.15) is 30.4 Å². The Kier molecular flexibility index (Phi) is 8.32. The van der Waals surface area contributed by atoms with Crippen LogP contribution in [0, 0.1) is 0 Å². The van der Waals surface area contributed by atoms with E-state index in [2.05, 4.69) is 23.0 Å². The van der Waals surface area contributed by atoms with Gasteiger partial charge in [-0.05, 0) is 54.4 Å². The third-order valence-corrected chi connectivity index (χ3v) is 7.25. The molecule has 0 N–H and O–H groups in total. The maximum atomic E-state index is 13.5. The van der Waals surface area contributed by atoms with Crippen LogP contribution in [0.4, 0.5) is 18.9 Å². The largest absolute Gasteiger partial charge is 0.419 e. The smallest absolute Gasteiger partial charge is 0.374 e. The van der Waals surface area contributed by atoms with Gasteiger partial charge in [-0.2, -0.15) is 13.2 Å². The highest BCUT2D eigenvalue weighted by atomic mass is 35.5. The van der Waals surface area contributed by atoms with Crippen LogP contribution in [0.2, 0.25) is 15.1 Å². The summed E-state index contributed by atoms with van der Waals surface area (Å²) >= 11 is 18.6. The molecular formula is C28H23Cl3F3N3. The van der Waals surface area contributed by atoms with Crippen LogP contribution in [0.5, 0.6) is 0 Å². The van der Waals surface area contributed by atoms with Crippen molar-refractivity contribution in [2.75, 3.05) is 18.5 Å². The van der Waals surface area contributed by atoms with Crippen LogP contribution < -0.4 is 4.90 Å². The van der Waals surface area contributed by atoms with Gasteiger partial charge in [0.15, 0.2) is 0 Å². The molecule has 1 unspecified atom stereocenters. The van der Waals surface area contributed by atoms with Gasteiger partial charge >= 0.3 is 6.18 Å². The van der Waals surface area contributed by atoms with Crippen molar-refractivity contribution in [3.63, 3.8) is 0 Å². The van der Waals surface area contributed by atoms with E-state index in [9.17, 15) is 13.2 Å². The number of rotatable bonds is 7. The third kappa shape index (κ3) is 6.03. The number of nitrogens with zero attached hydrogens (tertiary/aromatic N) is 3. The molecule has 2 aromatic heterocycles. The van der Waals surface area contributed by atoms with Crippen LogP contribution in [0.3, 0.4) is 0 Å². The fourth-order valence-electron chi connectivity index (χ4n) is 4.24. The zero-order chi connectivity index (χ0) is 26.7. The summed E-state index contributed by atoms with van der Waals surface area (Å²) in [5.74, 6) is 0.160. The molecule has 4 aromatic rings. The Labute approximate surface area is 228 Å². The molecule has 0 aliphatic rings. The molecule has 0 amide bonds. The summed E-state index contributed by atoms with van der Waals surface area (Å²) in [5, 5.41) is -0.296. The van der Waals surface area contributed by atoms with Crippen molar-refractivity contribution in [1.82, 2.24) is 9.97 Å². The lowest BCUT2D eigenvalue weighted by atomic mass is 9.94. The second-order valence-corrected chi connectivity index (χ2v) is 9.81. The van der Waals surface area contributed by atoms with Crippen molar-refractivity contribution in [2.24, 2.45) is 0 Å². The average Bonchev–Trinajstić information content (AvgIpc) is 2.87. The molecule has 0 fully saturated rings. The fourth-order valence-corrected chi connectivity index (χ4v) is 5.20. The van der Waals surface area contributed by atoms with Crippen molar-refractivity contribution in [3.05, 3.63) is 99.3 Å². The number of likely N-dealkylation sites (N-methyl/N-ethyl adjacent to an activating group) is 1. The number of halogens is 6. The second-order valence-electron chi connectivity index (χ2n) is 8.62. The van der Waals surface area contributed by atoms with E-state index in [1.165, 1.54) is 12.1 Å². The van der Waals surface area contributed by atoms with Crippen molar-refractivity contribution in [3.8, 4) is 22.5 Å². The molecule has 2 heterocycles. The fraction of sp³-hybridized carbons (Fsp3) is 0.214. The molecule has 0 saturated carbocycles. The quantitative estimate of drug-likeness (QED) is 0.224. The minimum Gasteiger partial charge on any atom is -0.374 e. The molecule has 0 saturated heterocycles. The molecule has 3 nitrogen and oxygen atoms in total. The van der Waals surface area contributed by atoms with Gasteiger partial charge in [0.2, 0.25) is 0 Å². The van der Waals surface area contributed by atoms with Crippen molar-refractivity contribution >= 4 is 40.5 Å². The van der Waals surface area contributed by atoms with E-state index in [4.69, 9.17) is 34.8 Å². The summed E-state index contributed by atoms with van der Waals surface area (Å²) in [7, 11) is 1.93. The van der Waals surface area contributed by atoms with Gasteiger partial charge in [0, 0.05) is 48.7 Å². The number of hydrogen-bond donors (Lipinski definition) is 0. The van der Waals surface area contributed by atoms with Gasteiger partial charge < -0.3 is 4.90 Å². The highest BCUT2D eigenvalue weighted by molar-refractivity contribution is 6.38. The molecule has 9 heteroatoms. The number of anilines is 1. The number of hydrogen-bond acceptors (Lipinski definition) is 3. The second kappa shape index (κ2) is 11.3. The topological polar surface area (TPSA) is 29.0 Å². The molecule has 0 aliphatic carbocycles. The molecule has 2 aromatic carbocycles. The summed E-state index contributed by atoms with van der Waals surface area (Å²) in [5.41, 5.74) is 2.98. The number of pyridine rings is 2. The van der Waals surface area contributed by atoms with E-state index >= 15 is 0 Å². The van der Waals surface area contributed by atoms with Crippen molar-refractivity contribution < 1.29 is 13.2 Å².